The number of aliphatic hydroxyl groups is 4. The minimum absolute atomic E-state index is 0.00135. The summed E-state index contributed by atoms with van der Waals surface area (Å²) in [5, 5.41) is 66.7. The van der Waals surface area contributed by atoms with E-state index in [9.17, 15) is 59.1 Å². The molecule has 7 amide bonds. The average Bonchev–Trinajstić information content (AvgIpc) is 4.11. The number of benzene rings is 4. The van der Waals surface area contributed by atoms with Gasteiger partial charge in [0.2, 0.25) is 35.4 Å². The van der Waals surface area contributed by atoms with Gasteiger partial charge in [-0.25, -0.2) is 0 Å². The minimum atomic E-state index is -1.71. The van der Waals surface area contributed by atoms with Crippen molar-refractivity contribution in [2.75, 3.05) is 32.8 Å². The topological polar surface area (TPSA) is 323 Å². The van der Waals surface area contributed by atoms with Crippen molar-refractivity contribution in [3.8, 4) is 33.8 Å². The fourth-order valence-corrected chi connectivity index (χ4v) is 10.4. The number of carbonyl (C=O) groups is 7. The van der Waals surface area contributed by atoms with Crippen LogP contribution in [-0.4, -0.2) is 170 Å². The lowest BCUT2D eigenvalue weighted by Gasteiger charge is -2.32. The molecule has 4 aromatic carbocycles. The molecule has 3 aliphatic heterocycles. The van der Waals surface area contributed by atoms with E-state index in [0.717, 1.165) is 57.1 Å². The Labute approximate surface area is 477 Å². The van der Waals surface area contributed by atoms with Gasteiger partial charge in [0.25, 0.3) is 5.91 Å². The van der Waals surface area contributed by atoms with Crippen LogP contribution in [0.5, 0.6) is 11.5 Å². The maximum absolute atomic E-state index is 14.5. The first-order chi connectivity index (χ1) is 39.5. The molecule has 0 unspecified atom stereocenters. The summed E-state index contributed by atoms with van der Waals surface area (Å²) in [6.07, 6.45) is 2.20. The van der Waals surface area contributed by atoms with E-state index in [-0.39, 0.29) is 82.3 Å². The molecule has 4 aromatic rings. The van der Waals surface area contributed by atoms with E-state index in [0.29, 0.717) is 12.2 Å². The van der Waals surface area contributed by atoms with Crippen molar-refractivity contribution in [1.82, 2.24) is 36.4 Å². The number of aliphatic hydroxyl groups excluding tert-OH is 4. The molecule has 7 rings (SSSR count). The molecule has 0 radical (unpaired) electrons. The summed E-state index contributed by atoms with van der Waals surface area (Å²) in [6, 6.07) is 19.5. The second-order valence-corrected chi connectivity index (χ2v) is 21.4. The van der Waals surface area contributed by atoms with Crippen LogP contribution in [0.2, 0.25) is 0 Å². The number of unbranched alkanes of at least 4 members (excludes halogenated alkanes) is 2. The van der Waals surface area contributed by atoms with Crippen molar-refractivity contribution in [2.24, 2.45) is 5.73 Å². The third kappa shape index (κ3) is 16.7. The summed E-state index contributed by atoms with van der Waals surface area (Å²) in [6.45, 7) is 3.01. The van der Waals surface area contributed by atoms with Crippen LogP contribution in [0.3, 0.4) is 0 Å². The zero-order valence-corrected chi connectivity index (χ0v) is 46.5. The Hall–Kier alpha value is -7.69. The fourth-order valence-electron chi connectivity index (χ4n) is 10.4. The predicted molar refractivity (Wildman–Crippen MR) is 305 cm³/mol. The van der Waals surface area contributed by atoms with Crippen molar-refractivity contribution >= 4 is 41.4 Å². The van der Waals surface area contributed by atoms with Crippen LogP contribution in [0.25, 0.3) is 22.3 Å². The Bertz CT molecular complexity index is 2830. The molecule has 2 saturated heterocycles. The molecule has 10 atom stereocenters. The van der Waals surface area contributed by atoms with Gasteiger partial charge in [0.05, 0.1) is 37.6 Å². The highest BCUT2D eigenvalue weighted by Crippen LogP contribution is 2.28. The van der Waals surface area contributed by atoms with E-state index in [1.54, 1.807) is 42.5 Å². The predicted octanol–water partition coefficient (Wildman–Crippen LogP) is 2.35. The molecule has 440 valence electrons. The second-order valence-electron chi connectivity index (χ2n) is 21.4. The van der Waals surface area contributed by atoms with Crippen molar-refractivity contribution in [3.63, 3.8) is 0 Å². The number of nitrogens with two attached hydrogens (primary N) is 1. The van der Waals surface area contributed by atoms with Crippen LogP contribution in [0.1, 0.15) is 94.0 Å². The molecule has 0 saturated carbocycles. The minimum Gasteiger partial charge on any atom is -0.508 e. The van der Waals surface area contributed by atoms with Crippen LogP contribution in [0, 0.1) is 0 Å². The summed E-state index contributed by atoms with van der Waals surface area (Å²) < 4.78 is 5.86. The summed E-state index contributed by atoms with van der Waals surface area (Å²) in [5.41, 5.74) is 10.5. The lowest BCUT2D eigenvalue weighted by Crippen LogP contribution is -2.61. The molecule has 3 heterocycles. The Balaban J connectivity index is 1.14. The molecule has 0 aliphatic carbocycles. The van der Waals surface area contributed by atoms with Gasteiger partial charge in [0, 0.05) is 31.5 Å². The smallest absolute Gasteiger partial charge is 0.251 e. The molecule has 2 fully saturated rings. The van der Waals surface area contributed by atoms with E-state index in [1.807, 2.05) is 48.5 Å². The van der Waals surface area contributed by atoms with Crippen LogP contribution in [0.4, 0.5) is 0 Å². The van der Waals surface area contributed by atoms with Crippen molar-refractivity contribution in [2.45, 2.75) is 145 Å². The molecule has 21 heteroatoms. The molecular weight excluding hydrogens is 1050 g/mol. The van der Waals surface area contributed by atoms with E-state index in [4.69, 9.17) is 10.5 Å². The number of aryl methyl sites for hydroxylation is 1. The monoisotopic (exact) mass is 1130 g/mol. The zero-order chi connectivity index (χ0) is 58.9. The standard InChI is InChI=1S/C61H78N8O13/c1-3-4-7-31-82-48-27-23-42(24-28-48)40-17-15-39(16-18-40)41-19-21-43(22-20-41)55(75)64-49-10-6-5-9-44(36-70)63-58(78)52-32-46(73)34-68(52)60(80)51(11-8-30-62)66-56(76)50(29-14-38-12-25-45(72)26-13-38)65-59(79)53-33-47(74)35-69(53)61(81)54(37(2)71)67-57(49)77/h5-6,12-13,15-28,37,44,46-47,49-54,70-74H,3-4,7-11,14,29-36,62H2,1-2H3,(H,63,78)(H,64,75)(H,65,79)(H,66,76)(H,67,77)/b6-5+/t37-,44+,46-,47-,49-,50+,51+,52+,53+,54+/m1/s1. The zero-order valence-electron chi connectivity index (χ0n) is 46.5. The summed E-state index contributed by atoms with van der Waals surface area (Å²) in [4.78, 5) is 102. The lowest BCUT2D eigenvalue weighted by molar-refractivity contribution is -0.145. The lowest BCUT2D eigenvalue weighted by atomic mass is 9.99. The number of ether oxygens (including phenoxy) is 1. The molecule has 12 N–H and O–H groups in total. The van der Waals surface area contributed by atoms with E-state index < -0.39 is 109 Å². The van der Waals surface area contributed by atoms with E-state index in [1.165, 1.54) is 25.1 Å². The van der Waals surface area contributed by atoms with Gasteiger partial charge in [-0.1, -0.05) is 92.6 Å². The number of hydrogen-bond donors (Lipinski definition) is 11. The molecule has 21 nitrogen and oxygen atoms in total. The first kappa shape index (κ1) is 61.9. The summed E-state index contributed by atoms with van der Waals surface area (Å²) >= 11 is 0. The van der Waals surface area contributed by atoms with Gasteiger partial charge in [0.15, 0.2) is 0 Å². The number of fused-ring (bicyclic) bond motifs is 2. The van der Waals surface area contributed by atoms with E-state index >= 15 is 0 Å². The molecular formula is C61H78N8O13. The molecule has 0 aromatic heterocycles. The Kier molecular flexibility index (Phi) is 22.5. The third-order valence-electron chi connectivity index (χ3n) is 15.1. The number of phenolic OH excluding ortho intramolecular Hbond substituents is 1. The number of nitrogens with zero attached hydrogens (tertiary/aromatic N) is 2. The fraction of sp³-hybridized carbons (Fsp3) is 0.459. The number of nitrogens with one attached hydrogen (secondary N) is 5. The third-order valence-corrected chi connectivity index (χ3v) is 15.1. The highest BCUT2D eigenvalue weighted by Gasteiger charge is 2.45. The molecule has 0 bridgehead atoms. The van der Waals surface area contributed by atoms with Gasteiger partial charge in [-0.05, 0) is 123 Å². The number of aromatic hydroxyl groups is 1. The highest BCUT2D eigenvalue weighted by atomic mass is 16.5. The number of hydrogen-bond acceptors (Lipinski definition) is 14. The Morgan fingerprint density at radius 3 is 1.79 bits per heavy atom. The van der Waals surface area contributed by atoms with Gasteiger partial charge < -0.3 is 72.4 Å². The van der Waals surface area contributed by atoms with Crippen LogP contribution in [0.15, 0.2) is 109 Å². The first-order valence-electron chi connectivity index (χ1n) is 28.3. The van der Waals surface area contributed by atoms with E-state index in [2.05, 4.69) is 33.5 Å². The number of carbonyl (C=O) groups excluding carboxylic acids is 7. The quantitative estimate of drug-likeness (QED) is 0.0535. The van der Waals surface area contributed by atoms with Crippen LogP contribution in [-0.2, 0) is 35.2 Å². The first-order valence-corrected chi connectivity index (χ1v) is 28.3. The van der Waals surface area contributed by atoms with Crippen molar-refractivity contribution in [1.29, 1.82) is 0 Å². The largest absolute Gasteiger partial charge is 0.508 e. The van der Waals surface area contributed by atoms with Gasteiger partial charge in [-0.15, -0.1) is 0 Å². The molecule has 0 spiro atoms. The number of amides is 7. The summed E-state index contributed by atoms with van der Waals surface area (Å²) in [7, 11) is 0. The number of rotatable bonds is 17. The Morgan fingerprint density at radius 1 is 0.671 bits per heavy atom. The highest BCUT2D eigenvalue weighted by molar-refractivity contribution is 6.00. The van der Waals surface area contributed by atoms with Crippen molar-refractivity contribution in [3.05, 3.63) is 120 Å². The van der Waals surface area contributed by atoms with Crippen LogP contribution >= 0.6 is 0 Å². The average molecular weight is 1130 g/mol. The molecule has 82 heavy (non-hydrogen) atoms. The maximum atomic E-state index is 14.5. The summed E-state index contributed by atoms with van der Waals surface area (Å²) in [5.74, 6) is -4.74. The van der Waals surface area contributed by atoms with Gasteiger partial charge in [-0.3, -0.25) is 33.6 Å². The second kappa shape index (κ2) is 29.9. The van der Waals surface area contributed by atoms with Gasteiger partial charge in [0.1, 0.15) is 47.8 Å². The van der Waals surface area contributed by atoms with Crippen molar-refractivity contribution < 1.29 is 63.8 Å². The number of phenols is 1. The maximum Gasteiger partial charge on any atom is 0.251 e. The SMILES string of the molecule is CCCCCOc1ccc(-c2ccc(-c3ccc(C(=O)N[C@@H]4C/C=C/C[C@@H](CO)NC(=O)[C@@H]5C[C@@H](O)CN5C(=O)[C@H](CCCN)NC(=O)[C@H](CCc5ccc(O)cc5)NC(=O)[C@@H]5C[C@@H](O)CN5C(=O)[C@H]([C@@H](C)O)NC4=O)cc3)cc2)cc1. The van der Waals surface area contributed by atoms with Gasteiger partial charge >= 0.3 is 0 Å². The molecule has 3 aliphatic rings. The van der Waals surface area contributed by atoms with Gasteiger partial charge in [-0.2, -0.15) is 0 Å². The normalized spacial score (nSPS) is 25.0. The Morgan fingerprint density at radius 2 is 1.22 bits per heavy atom. The van der Waals surface area contributed by atoms with Crippen LogP contribution < -0.4 is 37.1 Å².